The van der Waals surface area contributed by atoms with Crippen molar-refractivity contribution in [1.82, 2.24) is 0 Å². The van der Waals surface area contributed by atoms with Gasteiger partial charge in [0.1, 0.15) is 0 Å². The number of halogens is 1. The Labute approximate surface area is 106 Å². The van der Waals surface area contributed by atoms with Crippen LogP contribution in [-0.4, -0.2) is 4.86 Å². The number of anilines is 1. The molecule has 0 atom stereocenters. The zero-order chi connectivity index (χ0) is 11.7. The number of nitrogen functional groups attached to an aromatic ring is 1. The number of thiocarbonyl (C=S) groups is 1. The smallest absolute Gasteiger partial charge is 0.0641 e. The SMILES string of the molecule is CC1=CCC(=S)C(c2ccc(N)c(Cl)c2)=C1. The van der Waals surface area contributed by atoms with Crippen molar-refractivity contribution in [3.63, 3.8) is 0 Å². The number of benzene rings is 1. The molecule has 0 amide bonds. The first-order valence-corrected chi connectivity index (χ1v) is 5.83. The molecule has 1 aliphatic carbocycles. The van der Waals surface area contributed by atoms with E-state index in [0.717, 1.165) is 22.4 Å². The maximum Gasteiger partial charge on any atom is 0.0641 e. The van der Waals surface area contributed by atoms with Gasteiger partial charge in [0.05, 0.1) is 10.7 Å². The van der Waals surface area contributed by atoms with Crippen LogP contribution in [0.25, 0.3) is 5.57 Å². The molecule has 0 bridgehead atoms. The van der Waals surface area contributed by atoms with Crippen LogP contribution in [0, 0.1) is 0 Å². The van der Waals surface area contributed by atoms with Crippen molar-refractivity contribution in [3.05, 3.63) is 46.5 Å². The van der Waals surface area contributed by atoms with E-state index in [-0.39, 0.29) is 0 Å². The Balaban J connectivity index is 2.47. The topological polar surface area (TPSA) is 26.0 Å². The van der Waals surface area contributed by atoms with Crippen LogP contribution in [0.5, 0.6) is 0 Å². The van der Waals surface area contributed by atoms with Gasteiger partial charge in [0.25, 0.3) is 0 Å². The molecule has 0 unspecified atom stereocenters. The molecule has 1 aromatic carbocycles. The molecule has 1 nitrogen and oxygen atoms in total. The fourth-order valence-electron chi connectivity index (χ4n) is 1.67. The van der Waals surface area contributed by atoms with Crippen LogP contribution in [-0.2, 0) is 0 Å². The van der Waals surface area contributed by atoms with E-state index in [1.54, 1.807) is 0 Å². The second-order valence-electron chi connectivity index (χ2n) is 3.87. The maximum absolute atomic E-state index is 6.01. The Morgan fingerprint density at radius 3 is 2.81 bits per heavy atom. The minimum absolute atomic E-state index is 0.577. The molecular formula is C13H12ClNS. The van der Waals surface area contributed by atoms with Gasteiger partial charge in [-0.15, -0.1) is 0 Å². The van der Waals surface area contributed by atoms with Gasteiger partial charge < -0.3 is 5.73 Å². The summed E-state index contributed by atoms with van der Waals surface area (Å²) in [5.41, 5.74) is 9.63. The van der Waals surface area contributed by atoms with Crippen molar-refractivity contribution >= 4 is 39.9 Å². The Kier molecular flexibility index (Phi) is 3.13. The van der Waals surface area contributed by atoms with E-state index < -0.39 is 0 Å². The molecule has 16 heavy (non-hydrogen) atoms. The van der Waals surface area contributed by atoms with Gasteiger partial charge in [-0.05, 0) is 30.2 Å². The molecule has 2 N–H and O–H groups in total. The molecule has 2 rings (SSSR count). The summed E-state index contributed by atoms with van der Waals surface area (Å²) in [4.78, 5) is 0.950. The van der Waals surface area contributed by atoms with Gasteiger partial charge in [-0.3, -0.25) is 0 Å². The summed E-state index contributed by atoms with van der Waals surface area (Å²) in [7, 11) is 0. The second kappa shape index (κ2) is 4.40. The van der Waals surface area contributed by atoms with Crippen LogP contribution in [0.4, 0.5) is 5.69 Å². The van der Waals surface area contributed by atoms with Crippen molar-refractivity contribution < 1.29 is 0 Å². The van der Waals surface area contributed by atoms with Crippen LogP contribution < -0.4 is 5.73 Å². The lowest BCUT2D eigenvalue weighted by Crippen LogP contribution is -2.03. The van der Waals surface area contributed by atoms with Crippen molar-refractivity contribution in [2.45, 2.75) is 13.3 Å². The van der Waals surface area contributed by atoms with Gasteiger partial charge >= 0.3 is 0 Å². The standard InChI is InChI=1S/C13H12ClNS/c1-8-2-5-13(16)10(6-8)9-3-4-12(15)11(14)7-9/h2-4,6-7H,5,15H2,1H3. The van der Waals surface area contributed by atoms with E-state index in [1.807, 2.05) is 18.2 Å². The highest BCUT2D eigenvalue weighted by Crippen LogP contribution is 2.29. The Hall–Kier alpha value is -1.12. The number of hydrogen-bond acceptors (Lipinski definition) is 2. The highest BCUT2D eigenvalue weighted by Gasteiger charge is 2.12. The molecule has 0 heterocycles. The highest BCUT2D eigenvalue weighted by molar-refractivity contribution is 7.81. The molecule has 82 valence electrons. The lowest BCUT2D eigenvalue weighted by atomic mass is 9.94. The van der Waals surface area contributed by atoms with Crippen molar-refractivity contribution in [2.75, 3.05) is 5.73 Å². The third-order valence-electron chi connectivity index (χ3n) is 2.59. The summed E-state index contributed by atoms with van der Waals surface area (Å²) in [6.07, 6.45) is 5.05. The quantitative estimate of drug-likeness (QED) is 0.601. The molecule has 0 saturated heterocycles. The van der Waals surface area contributed by atoms with E-state index in [4.69, 9.17) is 29.6 Å². The van der Waals surface area contributed by atoms with Gasteiger partial charge in [-0.1, -0.05) is 47.6 Å². The van der Waals surface area contributed by atoms with E-state index in [2.05, 4.69) is 19.1 Å². The molecule has 0 radical (unpaired) electrons. The van der Waals surface area contributed by atoms with Crippen LogP contribution in [0.1, 0.15) is 18.9 Å². The number of rotatable bonds is 1. The minimum atomic E-state index is 0.577. The summed E-state index contributed by atoms with van der Waals surface area (Å²) in [5.74, 6) is 0. The summed E-state index contributed by atoms with van der Waals surface area (Å²) in [5, 5.41) is 0.577. The zero-order valence-corrected chi connectivity index (χ0v) is 10.5. The lowest BCUT2D eigenvalue weighted by molar-refractivity contribution is 1.38. The summed E-state index contributed by atoms with van der Waals surface area (Å²) >= 11 is 11.4. The molecular weight excluding hydrogens is 238 g/mol. The number of allylic oxidation sites excluding steroid dienone is 4. The first-order valence-electron chi connectivity index (χ1n) is 5.05. The number of nitrogens with two attached hydrogens (primary N) is 1. The van der Waals surface area contributed by atoms with Crippen LogP contribution >= 0.6 is 23.8 Å². The molecule has 0 aromatic heterocycles. The normalized spacial score (nSPS) is 15.8. The van der Waals surface area contributed by atoms with Crippen LogP contribution in [0.15, 0.2) is 35.9 Å². The van der Waals surface area contributed by atoms with Gasteiger partial charge in [-0.25, -0.2) is 0 Å². The predicted molar refractivity (Wildman–Crippen MR) is 74.8 cm³/mol. The van der Waals surface area contributed by atoms with E-state index in [9.17, 15) is 0 Å². The minimum Gasteiger partial charge on any atom is -0.398 e. The van der Waals surface area contributed by atoms with Gasteiger partial charge in [-0.2, -0.15) is 0 Å². The van der Waals surface area contributed by atoms with E-state index in [0.29, 0.717) is 10.7 Å². The van der Waals surface area contributed by atoms with E-state index in [1.165, 1.54) is 5.57 Å². The van der Waals surface area contributed by atoms with Crippen molar-refractivity contribution in [2.24, 2.45) is 0 Å². The fraction of sp³-hybridized carbons (Fsp3) is 0.154. The summed E-state index contributed by atoms with van der Waals surface area (Å²) in [6.45, 7) is 2.07. The van der Waals surface area contributed by atoms with Crippen molar-refractivity contribution in [1.29, 1.82) is 0 Å². The van der Waals surface area contributed by atoms with Crippen LogP contribution in [0.2, 0.25) is 5.02 Å². The Morgan fingerprint density at radius 1 is 1.38 bits per heavy atom. The molecule has 0 fully saturated rings. The first-order chi connectivity index (χ1) is 7.58. The van der Waals surface area contributed by atoms with Gasteiger partial charge in [0.2, 0.25) is 0 Å². The average Bonchev–Trinajstić information content (AvgIpc) is 2.26. The first kappa shape index (κ1) is 11.4. The third-order valence-corrected chi connectivity index (χ3v) is 3.31. The molecule has 0 saturated carbocycles. The maximum atomic E-state index is 6.01. The summed E-state index contributed by atoms with van der Waals surface area (Å²) < 4.78 is 0. The molecule has 1 aliphatic rings. The largest absolute Gasteiger partial charge is 0.398 e. The molecule has 0 aliphatic heterocycles. The average molecular weight is 250 g/mol. The molecule has 1 aromatic rings. The van der Waals surface area contributed by atoms with Gasteiger partial charge in [0, 0.05) is 11.3 Å². The molecule has 3 heteroatoms. The Morgan fingerprint density at radius 2 is 2.12 bits per heavy atom. The van der Waals surface area contributed by atoms with Gasteiger partial charge in [0.15, 0.2) is 0 Å². The van der Waals surface area contributed by atoms with E-state index >= 15 is 0 Å². The number of hydrogen-bond donors (Lipinski definition) is 1. The van der Waals surface area contributed by atoms with Crippen molar-refractivity contribution in [3.8, 4) is 0 Å². The third kappa shape index (κ3) is 2.18. The highest BCUT2D eigenvalue weighted by atomic mass is 35.5. The summed E-state index contributed by atoms with van der Waals surface area (Å²) in [6, 6.07) is 5.64. The van der Waals surface area contributed by atoms with Crippen LogP contribution in [0.3, 0.4) is 0 Å². The second-order valence-corrected chi connectivity index (χ2v) is 4.77. The lowest BCUT2D eigenvalue weighted by Gasteiger charge is -2.14. The zero-order valence-electron chi connectivity index (χ0n) is 8.96. The fourth-order valence-corrected chi connectivity index (χ4v) is 2.11. The Bertz CT molecular complexity index is 515. The predicted octanol–water partition coefficient (Wildman–Crippen LogP) is 4.03. The monoisotopic (exact) mass is 249 g/mol. The molecule has 0 spiro atoms.